The molecule has 0 unspecified atom stereocenters. The lowest BCUT2D eigenvalue weighted by atomic mass is 10.2. The Morgan fingerprint density at radius 2 is 2.05 bits per heavy atom. The summed E-state index contributed by atoms with van der Waals surface area (Å²) in [6.07, 6.45) is 3.48. The molecular formula is C14H16N4OS. The topological polar surface area (TPSA) is 80.0 Å². The van der Waals surface area contributed by atoms with Crippen molar-refractivity contribution in [2.45, 2.75) is 11.8 Å². The van der Waals surface area contributed by atoms with Gasteiger partial charge in [0.25, 0.3) is 5.91 Å². The van der Waals surface area contributed by atoms with Crippen molar-refractivity contribution in [2.75, 3.05) is 17.0 Å². The van der Waals surface area contributed by atoms with E-state index < -0.39 is 0 Å². The maximum atomic E-state index is 12.3. The first kappa shape index (κ1) is 14.4. The quantitative estimate of drug-likeness (QED) is 0.458. The summed E-state index contributed by atoms with van der Waals surface area (Å²) in [5, 5.41) is 2.88. The monoisotopic (exact) mass is 288 g/mol. The number of thioether (sulfide) groups is 1. The molecule has 1 aromatic heterocycles. The van der Waals surface area contributed by atoms with Crippen LogP contribution in [-0.4, -0.2) is 17.1 Å². The summed E-state index contributed by atoms with van der Waals surface area (Å²) in [6, 6.07) is 9.36. The number of pyridine rings is 1. The zero-order chi connectivity index (χ0) is 14.5. The van der Waals surface area contributed by atoms with Gasteiger partial charge in [0.15, 0.2) is 0 Å². The fourth-order valence-electron chi connectivity index (χ4n) is 1.80. The van der Waals surface area contributed by atoms with E-state index in [9.17, 15) is 4.79 Å². The minimum Gasteiger partial charge on any atom is -0.323 e. The summed E-state index contributed by atoms with van der Waals surface area (Å²) in [5.41, 5.74) is 5.05. The zero-order valence-corrected chi connectivity index (χ0v) is 12.1. The molecule has 0 aliphatic rings. The van der Waals surface area contributed by atoms with Crippen LogP contribution in [0.15, 0.2) is 41.4 Å². The molecule has 1 amide bonds. The number of para-hydroxylation sites is 1. The lowest BCUT2D eigenvalue weighted by molar-refractivity contribution is 0.102. The predicted octanol–water partition coefficient (Wildman–Crippen LogP) is 2.65. The van der Waals surface area contributed by atoms with Gasteiger partial charge in [0.05, 0.1) is 16.9 Å². The Labute approximate surface area is 121 Å². The smallest absolute Gasteiger partial charge is 0.259 e. The number of hydrazine groups is 1. The van der Waals surface area contributed by atoms with Gasteiger partial charge in [-0.3, -0.25) is 15.6 Å². The molecule has 0 aliphatic carbocycles. The molecule has 0 saturated carbocycles. The van der Waals surface area contributed by atoms with Gasteiger partial charge in [0.1, 0.15) is 0 Å². The molecule has 4 N–H and O–H groups in total. The highest BCUT2D eigenvalue weighted by Crippen LogP contribution is 2.25. The molecule has 0 bridgehead atoms. The Bertz CT molecular complexity index is 630. The Hall–Kier alpha value is -2.05. The van der Waals surface area contributed by atoms with Crippen molar-refractivity contribution in [3.05, 3.63) is 47.8 Å². The highest BCUT2D eigenvalue weighted by atomic mass is 32.2. The molecule has 1 aromatic carbocycles. The van der Waals surface area contributed by atoms with Crippen LogP contribution in [0, 0.1) is 6.92 Å². The molecule has 20 heavy (non-hydrogen) atoms. The number of anilines is 2. The molecule has 0 spiro atoms. The lowest BCUT2D eigenvalue weighted by Crippen LogP contribution is -2.18. The van der Waals surface area contributed by atoms with Crippen LogP contribution in [-0.2, 0) is 0 Å². The van der Waals surface area contributed by atoms with E-state index in [1.807, 2.05) is 37.4 Å². The molecule has 5 nitrogen and oxygen atoms in total. The minimum atomic E-state index is -0.244. The number of nitrogen functional groups attached to an aromatic ring is 1. The van der Waals surface area contributed by atoms with E-state index in [0.29, 0.717) is 11.3 Å². The van der Waals surface area contributed by atoms with Gasteiger partial charge in [0, 0.05) is 16.8 Å². The van der Waals surface area contributed by atoms with E-state index in [4.69, 9.17) is 5.84 Å². The number of rotatable bonds is 4. The number of nitrogens with zero attached hydrogens (tertiary/aromatic N) is 1. The van der Waals surface area contributed by atoms with Crippen molar-refractivity contribution >= 4 is 29.0 Å². The second-order valence-electron chi connectivity index (χ2n) is 4.17. The summed E-state index contributed by atoms with van der Waals surface area (Å²) < 4.78 is 0. The molecule has 104 valence electrons. The number of hydrogen-bond donors (Lipinski definition) is 3. The third kappa shape index (κ3) is 3.09. The van der Waals surface area contributed by atoms with E-state index in [2.05, 4.69) is 15.7 Å². The van der Waals surface area contributed by atoms with Gasteiger partial charge < -0.3 is 10.7 Å². The molecular weight excluding hydrogens is 272 g/mol. The summed E-state index contributed by atoms with van der Waals surface area (Å²) >= 11 is 1.57. The van der Waals surface area contributed by atoms with Gasteiger partial charge in [-0.25, -0.2) is 0 Å². The van der Waals surface area contributed by atoms with Crippen LogP contribution in [0.3, 0.4) is 0 Å². The summed E-state index contributed by atoms with van der Waals surface area (Å²) in [5.74, 6) is 5.20. The number of hydrogen-bond acceptors (Lipinski definition) is 5. The van der Waals surface area contributed by atoms with E-state index >= 15 is 0 Å². The Kier molecular flexibility index (Phi) is 4.60. The van der Waals surface area contributed by atoms with E-state index in [1.165, 1.54) is 6.20 Å². The highest BCUT2D eigenvalue weighted by molar-refractivity contribution is 7.98. The van der Waals surface area contributed by atoms with Crippen LogP contribution in [0.1, 0.15) is 16.1 Å². The average Bonchev–Trinajstić information content (AvgIpc) is 2.47. The van der Waals surface area contributed by atoms with Gasteiger partial charge in [-0.05, 0) is 31.4 Å². The van der Waals surface area contributed by atoms with Crippen LogP contribution in [0.25, 0.3) is 0 Å². The first-order valence-electron chi connectivity index (χ1n) is 6.03. The molecule has 0 radical (unpaired) electrons. The second-order valence-corrected chi connectivity index (χ2v) is 5.02. The van der Waals surface area contributed by atoms with Gasteiger partial charge in [-0.2, -0.15) is 0 Å². The zero-order valence-electron chi connectivity index (χ0n) is 11.3. The maximum Gasteiger partial charge on any atom is 0.259 e. The average molecular weight is 288 g/mol. The molecule has 2 rings (SSSR count). The first-order valence-corrected chi connectivity index (χ1v) is 7.26. The largest absolute Gasteiger partial charge is 0.323 e. The van der Waals surface area contributed by atoms with Crippen LogP contribution in [0.2, 0.25) is 0 Å². The number of aryl methyl sites for hydroxylation is 1. The van der Waals surface area contributed by atoms with Crippen molar-refractivity contribution < 1.29 is 4.79 Å². The molecule has 0 atom stereocenters. The number of carbonyl (C=O) groups excluding carboxylic acids is 1. The molecule has 0 fully saturated rings. The van der Waals surface area contributed by atoms with Crippen LogP contribution in [0.5, 0.6) is 0 Å². The number of nitrogens with one attached hydrogen (secondary N) is 2. The molecule has 2 aromatic rings. The second kappa shape index (κ2) is 6.40. The number of carbonyl (C=O) groups is 1. The van der Waals surface area contributed by atoms with Crippen molar-refractivity contribution in [1.29, 1.82) is 0 Å². The lowest BCUT2D eigenvalue weighted by Gasteiger charge is -2.12. The van der Waals surface area contributed by atoms with Crippen molar-refractivity contribution in [2.24, 2.45) is 5.84 Å². The third-order valence-electron chi connectivity index (χ3n) is 2.80. The summed E-state index contributed by atoms with van der Waals surface area (Å²) in [6.45, 7) is 1.84. The van der Waals surface area contributed by atoms with Crippen LogP contribution >= 0.6 is 11.8 Å². The predicted molar refractivity (Wildman–Crippen MR) is 83.0 cm³/mol. The Morgan fingerprint density at radius 1 is 1.30 bits per heavy atom. The fourth-order valence-corrected chi connectivity index (χ4v) is 2.35. The maximum absolute atomic E-state index is 12.3. The van der Waals surface area contributed by atoms with Gasteiger partial charge >= 0.3 is 0 Å². The summed E-state index contributed by atoms with van der Waals surface area (Å²) in [4.78, 5) is 17.5. The number of amides is 1. The SMILES string of the molecule is CSc1ccccc1NC(=O)c1cnc(C)cc1NN. The first-order chi connectivity index (χ1) is 9.65. The van der Waals surface area contributed by atoms with Crippen molar-refractivity contribution in [3.8, 4) is 0 Å². The standard InChI is InChI=1S/C14H16N4OS/c1-9-7-12(18-15)10(8-16-9)14(19)17-11-5-3-4-6-13(11)20-2/h3-8H,15H2,1-2H3,(H,16,18)(H,17,19). The van der Waals surface area contributed by atoms with E-state index in [1.54, 1.807) is 17.8 Å². The number of aromatic nitrogens is 1. The molecule has 0 aliphatic heterocycles. The molecule has 0 saturated heterocycles. The Morgan fingerprint density at radius 3 is 2.75 bits per heavy atom. The normalized spacial score (nSPS) is 10.2. The van der Waals surface area contributed by atoms with Gasteiger partial charge in [-0.1, -0.05) is 12.1 Å². The van der Waals surface area contributed by atoms with E-state index in [-0.39, 0.29) is 5.91 Å². The Balaban J connectivity index is 2.28. The van der Waals surface area contributed by atoms with Crippen molar-refractivity contribution in [1.82, 2.24) is 4.98 Å². The number of nitrogens with two attached hydrogens (primary N) is 1. The van der Waals surface area contributed by atoms with Crippen LogP contribution < -0.4 is 16.6 Å². The van der Waals surface area contributed by atoms with Crippen LogP contribution in [0.4, 0.5) is 11.4 Å². The van der Waals surface area contributed by atoms with Gasteiger partial charge in [0.2, 0.25) is 0 Å². The minimum absolute atomic E-state index is 0.244. The molecule has 6 heteroatoms. The summed E-state index contributed by atoms with van der Waals surface area (Å²) in [7, 11) is 0. The van der Waals surface area contributed by atoms with E-state index in [0.717, 1.165) is 16.3 Å². The fraction of sp³-hybridized carbons (Fsp3) is 0.143. The number of benzene rings is 1. The van der Waals surface area contributed by atoms with Crippen molar-refractivity contribution in [3.63, 3.8) is 0 Å². The molecule has 1 heterocycles. The van der Waals surface area contributed by atoms with Gasteiger partial charge in [-0.15, -0.1) is 11.8 Å². The third-order valence-corrected chi connectivity index (χ3v) is 3.59. The highest BCUT2D eigenvalue weighted by Gasteiger charge is 2.13.